The van der Waals surface area contributed by atoms with E-state index in [0.717, 1.165) is 0 Å². The summed E-state index contributed by atoms with van der Waals surface area (Å²) in [7, 11) is -2.35. The van der Waals surface area contributed by atoms with Crippen molar-refractivity contribution in [2.75, 3.05) is 0 Å². The predicted molar refractivity (Wildman–Crippen MR) is 208 cm³/mol. The molecule has 47 heavy (non-hydrogen) atoms. The van der Waals surface area contributed by atoms with Crippen LogP contribution in [0.3, 0.4) is 0 Å². The third kappa shape index (κ3) is 6.60. The van der Waals surface area contributed by atoms with Crippen molar-refractivity contribution in [2.45, 2.75) is 46.1 Å². The van der Waals surface area contributed by atoms with Crippen LogP contribution in [0.5, 0.6) is 0 Å². The Labute approximate surface area is 303 Å². The number of hydrogen-bond donors (Lipinski definition) is 0. The summed E-state index contributed by atoms with van der Waals surface area (Å²) in [4.78, 5) is 0. The van der Waals surface area contributed by atoms with Gasteiger partial charge in [0.25, 0.3) is 0 Å². The maximum absolute atomic E-state index is 2.54. The molecule has 0 saturated carbocycles. The molecule has 0 amide bonds. The molecule has 0 fully saturated rings. The third-order valence-corrected chi connectivity index (χ3v) is 14.1. The molecule has 0 spiro atoms. The van der Waals surface area contributed by atoms with Crippen molar-refractivity contribution in [1.82, 2.24) is 0 Å². The van der Waals surface area contributed by atoms with Gasteiger partial charge in [-0.25, -0.2) is 0 Å². The fourth-order valence-corrected chi connectivity index (χ4v) is 10.6. The molecule has 0 nitrogen and oxygen atoms in total. The van der Waals surface area contributed by atoms with Crippen LogP contribution in [0.25, 0.3) is 43.8 Å². The Bertz CT molecular complexity index is 1960. The predicted octanol–water partition coefficient (Wildman–Crippen LogP) is 11.0. The van der Waals surface area contributed by atoms with Gasteiger partial charge in [-0.2, -0.15) is 12.1 Å². The largest absolute Gasteiger partial charge is 4.00 e. The van der Waals surface area contributed by atoms with Gasteiger partial charge in [0.1, 0.15) is 8.07 Å². The van der Waals surface area contributed by atoms with Gasteiger partial charge in [0.05, 0.1) is 0 Å². The van der Waals surface area contributed by atoms with Crippen LogP contribution in [0.4, 0.5) is 0 Å². The van der Waals surface area contributed by atoms with E-state index in [9.17, 15) is 0 Å². The minimum absolute atomic E-state index is 0. The first kappa shape index (κ1) is 36.2. The summed E-state index contributed by atoms with van der Waals surface area (Å²) < 4.78 is 0. The summed E-state index contributed by atoms with van der Waals surface area (Å²) in [6, 6.07) is 53.0. The summed E-state index contributed by atoms with van der Waals surface area (Å²) in [6.45, 7) is 11.6. The van der Waals surface area contributed by atoms with Crippen molar-refractivity contribution in [3.63, 3.8) is 0 Å². The van der Waals surface area contributed by atoms with E-state index in [0.29, 0.717) is 11.8 Å². The first-order valence-corrected chi connectivity index (χ1v) is 18.5. The van der Waals surface area contributed by atoms with E-state index in [1.807, 2.05) is 0 Å². The third-order valence-electron chi connectivity index (χ3n) is 9.74. The van der Waals surface area contributed by atoms with Crippen molar-refractivity contribution < 1.29 is 25.8 Å². The number of fused-ring (bicyclic) bond motifs is 2. The van der Waals surface area contributed by atoms with Crippen molar-refractivity contribution >= 4 is 45.2 Å². The van der Waals surface area contributed by atoms with Crippen LogP contribution in [-0.2, 0) is 25.8 Å². The Kier molecular flexibility index (Phi) is 11.3. The second-order valence-electron chi connectivity index (χ2n) is 13.2. The van der Waals surface area contributed by atoms with E-state index in [2.05, 4.69) is 174 Å². The van der Waals surface area contributed by atoms with Gasteiger partial charge in [-0.05, 0) is 34.1 Å². The Morgan fingerprint density at radius 3 is 1.34 bits per heavy atom. The van der Waals surface area contributed by atoms with Crippen LogP contribution in [0.2, 0.25) is 6.55 Å². The molecule has 0 heterocycles. The smallest absolute Gasteiger partial charge is 0.358 e. The zero-order chi connectivity index (χ0) is 30.4. The first-order chi connectivity index (χ1) is 21.3. The Hall–Kier alpha value is -3.59. The van der Waals surface area contributed by atoms with Gasteiger partial charge in [-0.15, -0.1) is 68.3 Å². The van der Waals surface area contributed by atoms with Gasteiger partial charge >= 0.3 is 25.8 Å². The van der Waals surface area contributed by atoms with Crippen LogP contribution in [-0.4, -0.2) is 8.07 Å². The average molecular weight is 793 g/mol. The molecule has 0 atom stereocenters. The molecule has 0 aliphatic rings. The van der Waals surface area contributed by atoms with E-state index in [-0.39, 0.29) is 40.7 Å². The molecule has 0 aliphatic heterocycles. The quantitative estimate of drug-likeness (QED) is 0.111. The van der Waals surface area contributed by atoms with Crippen molar-refractivity contribution in [3.05, 3.63) is 166 Å². The number of rotatable bonds is 7. The zero-order valence-corrected chi connectivity index (χ0v) is 33.5. The van der Waals surface area contributed by atoms with Gasteiger partial charge in [0.15, 0.2) is 0 Å². The zero-order valence-electron chi connectivity index (χ0n) is 28.9. The summed E-state index contributed by atoms with van der Waals surface area (Å²) in [5.41, 5.74) is 8.01. The standard InChI is InChI=1S/C43H40Si.2CH3.Hf/c1-29(2)31-13-9-15-33(23-31)40-21-11-17-35-25-38(27-42(35)40)44(5,37-19-7-6-8-20-37)39-26-36-18-12-22-41(43(36)28-39)34-16-10-14-32(24-34)30(3)4;;;/h6-30H,1-5H3;2*1H3;/q-2;2*-1;+4. The molecule has 2 heteroatoms. The van der Waals surface area contributed by atoms with E-state index in [1.165, 1.54) is 70.5 Å². The van der Waals surface area contributed by atoms with E-state index >= 15 is 0 Å². The molecule has 0 N–H and O–H groups in total. The van der Waals surface area contributed by atoms with E-state index in [4.69, 9.17) is 0 Å². The minimum atomic E-state index is -2.35. The van der Waals surface area contributed by atoms with Crippen LogP contribution >= 0.6 is 0 Å². The Balaban J connectivity index is 0.00000167. The molecule has 0 aliphatic carbocycles. The fraction of sp³-hybridized carbons (Fsp3) is 0.156. The van der Waals surface area contributed by atoms with E-state index < -0.39 is 8.07 Å². The van der Waals surface area contributed by atoms with Crippen LogP contribution < -0.4 is 15.6 Å². The second-order valence-corrected chi connectivity index (χ2v) is 17.1. The van der Waals surface area contributed by atoms with Gasteiger partial charge in [-0.3, -0.25) is 0 Å². The van der Waals surface area contributed by atoms with Gasteiger partial charge in [0.2, 0.25) is 0 Å². The maximum Gasteiger partial charge on any atom is 4.00 e. The topological polar surface area (TPSA) is 0 Å². The van der Waals surface area contributed by atoms with Crippen molar-refractivity contribution in [2.24, 2.45) is 0 Å². The number of benzene rings is 5. The summed E-state index contributed by atoms with van der Waals surface area (Å²) in [6.07, 6.45) is 0. The molecule has 7 aromatic carbocycles. The summed E-state index contributed by atoms with van der Waals surface area (Å²) in [5, 5.41) is 9.71. The Morgan fingerprint density at radius 1 is 0.489 bits per heavy atom. The molecular weight excluding hydrogens is 747 g/mol. The molecule has 0 aromatic heterocycles. The van der Waals surface area contributed by atoms with Crippen LogP contribution in [0, 0.1) is 14.9 Å². The van der Waals surface area contributed by atoms with Crippen LogP contribution in [0.1, 0.15) is 50.7 Å². The van der Waals surface area contributed by atoms with E-state index in [1.54, 1.807) is 0 Å². The minimum Gasteiger partial charge on any atom is -0.358 e. The molecule has 234 valence electrons. The molecule has 0 bridgehead atoms. The molecule has 0 saturated heterocycles. The summed E-state index contributed by atoms with van der Waals surface area (Å²) >= 11 is 0. The second kappa shape index (κ2) is 14.7. The Morgan fingerprint density at radius 2 is 0.915 bits per heavy atom. The molecular formula is C45H46HfSi. The molecule has 0 radical (unpaired) electrons. The number of hydrogen-bond acceptors (Lipinski definition) is 0. The fourth-order valence-electron chi connectivity index (χ4n) is 6.95. The molecule has 0 unspecified atom stereocenters. The van der Waals surface area contributed by atoms with Crippen LogP contribution in [0.15, 0.2) is 140 Å². The maximum atomic E-state index is 2.54. The van der Waals surface area contributed by atoms with Gasteiger partial charge in [0, 0.05) is 0 Å². The molecule has 7 rings (SSSR count). The normalized spacial score (nSPS) is 11.4. The van der Waals surface area contributed by atoms with Gasteiger partial charge in [-0.1, -0.05) is 142 Å². The molecule has 7 aromatic rings. The first-order valence-electron chi connectivity index (χ1n) is 16.0. The average Bonchev–Trinajstić information content (AvgIpc) is 3.70. The van der Waals surface area contributed by atoms with Crippen molar-refractivity contribution in [1.29, 1.82) is 0 Å². The van der Waals surface area contributed by atoms with Crippen molar-refractivity contribution in [3.8, 4) is 22.3 Å². The van der Waals surface area contributed by atoms with Gasteiger partial charge < -0.3 is 14.9 Å². The SMILES string of the molecule is CC(C)c1cccc(-c2cccc3[cH-]c([Si](C)(c4ccccc4)c4cc5c(-c6cccc(C(C)C)c6)cccc5[cH-]4)cc23)c1.[CH3-].[CH3-].[Hf+4]. The summed E-state index contributed by atoms with van der Waals surface area (Å²) in [5.74, 6) is 1.00. The monoisotopic (exact) mass is 794 g/mol.